The van der Waals surface area contributed by atoms with Gasteiger partial charge in [-0.3, -0.25) is 4.79 Å². The number of aliphatic hydroxyl groups excluding tert-OH is 1. The third-order valence-electron chi connectivity index (χ3n) is 7.16. The predicted molar refractivity (Wildman–Crippen MR) is 131 cm³/mol. The number of aliphatic carboxylic acids is 1. The lowest BCUT2D eigenvalue weighted by atomic mass is 9.95. The summed E-state index contributed by atoms with van der Waals surface area (Å²) in [6.07, 6.45) is 1.97. The molecule has 1 saturated carbocycles. The van der Waals surface area contributed by atoms with E-state index < -0.39 is 18.0 Å². The first-order chi connectivity index (χ1) is 16.2. The lowest BCUT2D eigenvalue weighted by Crippen LogP contribution is -2.44. The monoisotopic (exact) mass is 467 g/mol. The predicted octanol–water partition coefficient (Wildman–Crippen LogP) is 4.38. The Kier molecular flexibility index (Phi) is 7.31. The number of β-amino-alcohol motifs (C(OH)–C–C–N with tert-alkyl or cyclic N) is 1. The van der Waals surface area contributed by atoms with Crippen molar-refractivity contribution in [2.24, 2.45) is 5.92 Å². The number of hydrogen-bond acceptors (Lipinski definition) is 5. The van der Waals surface area contributed by atoms with E-state index in [0.29, 0.717) is 6.54 Å². The Balaban J connectivity index is 1.25. The molecule has 5 atom stereocenters. The fourth-order valence-corrected chi connectivity index (χ4v) is 5.05. The molecule has 0 radical (unpaired) electrons. The Morgan fingerprint density at radius 1 is 1.21 bits per heavy atom. The fourth-order valence-electron chi connectivity index (χ4n) is 5.05. The van der Waals surface area contributed by atoms with Crippen LogP contribution in [0.3, 0.4) is 0 Å². The van der Waals surface area contributed by atoms with Crippen molar-refractivity contribution in [2.75, 3.05) is 13.2 Å². The molecule has 3 N–H and O–H groups in total. The van der Waals surface area contributed by atoms with Gasteiger partial charge in [-0.25, -0.2) is 0 Å². The third kappa shape index (κ3) is 5.45. The van der Waals surface area contributed by atoms with Gasteiger partial charge in [-0.2, -0.15) is 0 Å². The maximum Gasteiger partial charge on any atom is 0.311 e. The number of carboxylic acids is 1. The van der Waals surface area contributed by atoms with Gasteiger partial charge in [0, 0.05) is 23.6 Å². The molecule has 1 heterocycles. The van der Waals surface area contributed by atoms with Crippen molar-refractivity contribution < 1.29 is 24.5 Å². The summed E-state index contributed by atoms with van der Waals surface area (Å²) < 4.78 is 12.0. The molecule has 6 heteroatoms. The molecule has 0 spiro atoms. The average molecular weight is 468 g/mol. The van der Waals surface area contributed by atoms with Crippen LogP contribution in [0.1, 0.15) is 67.9 Å². The number of aryl methyl sites for hydroxylation is 2. The first kappa shape index (κ1) is 24.7. The van der Waals surface area contributed by atoms with Crippen LogP contribution in [0, 0.1) is 12.8 Å². The van der Waals surface area contributed by atoms with E-state index in [-0.39, 0.29) is 30.3 Å². The van der Waals surface area contributed by atoms with Gasteiger partial charge in [0.2, 0.25) is 0 Å². The van der Waals surface area contributed by atoms with Gasteiger partial charge in [0.1, 0.15) is 17.8 Å². The highest BCUT2D eigenvalue weighted by atomic mass is 16.5. The summed E-state index contributed by atoms with van der Waals surface area (Å²) in [4.78, 5) is 11.5. The van der Waals surface area contributed by atoms with Gasteiger partial charge >= 0.3 is 5.97 Å². The molecule has 0 saturated heterocycles. The van der Waals surface area contributed by atoms with Crippen LogP contribution in [0.15, 0.2) is 42.5 Å². The number of nitrogens with one attached hydrogen (secondary N) is 1. The second-order valence-corrected chi connectivity index (χ2v) is 10.4. The zero-order valence-electron chi connectivity index (χ0n) is 20.6. The standard InChI is InChI=1S/C28H37NO5/c1-17-12-13-21(22-23-24(27(31)32)26(23)34-25(17)22)18(2)33-16-20(30)15-29-28(3,4)14-8-11-19-9-6-5-7-10-19/h5-7,9-10,12-13,18,20,23-24,26,29-30H,8,11,14-16H2,1-4H3,(H,31,32)/t18-,20-,23+,24+,26+/m1/s1. The summed E-state index contributed by atoms with van der Waals surface area (Å²) in [7, 11) is 0. The molecule has 184 valence electrons. The first-order valence-corrected chi connectivity index (χ1v) is 12.3. The Hall–Kier alpha value is -2.41. The second-order valence-electron chi connectivity index (χ2n) is 10.4. The van der Waals surface area contributed by atoms with Crippen molar-refractivity contribution in [2.45, 2.75) is 76.7 Å². The molecule has 1 aliphatic carbocycles. The number of carboxylic acid groups (broad SMARTS) is 1. The van der Waals surface area contributed by atoms with Gasteiger partial charge < -0.3 is 25.0 Å². The summed E-state index contributed by atoms with van der Waals surface area (Å²) in [6, 6.07) is 14.5. The van der Waals surface area contributed by atoms with Crippen molar-refractivity contribution >= 4 is 5.97 Å². The van der Waals surface area contributed by atoms with Crippen LogP contribution in [0.25, 0.3) is 0 Å². The molecular formula is C28H37NO5. The SMILES string of the molecule is Cc1ccc([C@@H](C)OC[C@H](O)CNC(C)(C)CCCc2ccccc2)c2c1O[C@@H]1[C@@H](C(=O)O)[C@H]21. The van der Waals surface area contributed by atoms with Crippen molar-refractivity contribution in [3.05, 3.63) is 64.7 Å². The number of hydrogen-bond donors (Lipinski definition) is 3. The van der Waals surface area contributed by atoms with Gasteiger partial charge in [-0.05, 0) is 63.6 Å². The topological polar surface area (TPSA) is 88.0 Å². The van der Waals surface area contributed by atoms with Crippen LogP contribution in [0.2, 0.25) is 0 Å². The molecule has 0 amide bonds. The van der Waals surface area contributed by atoms with Crippen molar-refractivity contribution in [1.82, 2.24) is 5.32 Å². The second kappa shape index (κ2) is 10.1. The maximum absolute atomic E-state index is 11.5. The van der Waals surface area contributed by atoms with Crippen LogP contribution in [-0.4, -0.2) is 47.1 Å². The highest BCUT2D eigenvalue weighted by Crippen LogP contribution is 2.61. The first-order valence-electron chi connectivity index (χ1n) is 12.3. The number of rotatable bonds is 12. The molecule has 0 aromatic heterocycles. The molecule has 2 aliphatic rings. The molecule has 0 unspecified atom stereocenters. The molecule has 4 rings (SSSR count). The number of aliphatic hydroxyl groups is 1. The molecule has 1 fully saturated rings. The summed E-state index contributed by atoms with van der Waals surface area (Å²) in [6.45, 7) is 8.90. The van der Waals surface area contributed by atoms with Gasteiger partial charge in [-0.15, -0.1) is 0 Å². The van der Waals surface area contributed by atoms with Crippen LogP contribution in [0.5, 0.6) is 5.75 Å². The number of benzene rings is 2. The summed E-state index contributed by atoms with van der Waals surface area (Å²) in [5.74, 6) is -0.578. The van der Waals surface area contributed by atoms with E-state index in [2.05, 4.69) is 43.4 Å². The lowest BCUT2D eigenvalue weighted by Gasteiger charge is -2.28. The fraction of sp³-hybridized carbons (Fsp3) is 0.536. The van der Waals surface area contributed by atoms with E-state index in [0.717, 1.165) is 41.7 Å². The quantitative estimate of drug-likeness (QED) is 0.429. The van der Waals surface area contributed by atoms with Crippen molar-refractivity contribution in [3.8, 4) is 5.75 Å². The van der Waals surface area contributed by atoms with Gasteiger partial charge in [0.25, 0.3) is 0 Å². The summed E-state index contributed by atoms with van der Waals surface area (Å²) in [5.41, 5.74) is 4.21. The number of ether oxygens (including phenoxy) is 2. The molecule has 6 nitrogen and oxygen atoms in total. The largest absolute Gasteiger partial charge is 0.488 e. The normalized spacial score (nSPS) is 22.4. The highest BCUT2D eigenvalue weighted by molar-refractivity contribution is 5.79. The third-order valence-corrected chi connectivity index (χ3v) is 7.16. The molecule has 2 aromatic carbocycles. The molecular weight excluding hydrogens is 430 g/mol. The number of fused-ring (bicyclic) bond motifs is 3. The maximum atomic E-state index is 11.5. The Labute approximate surface area is 202 Å². The van der Waals surface area contributed by atoms with Crippen LogP contribution >= 0.6 is 0 Å². The van der Waals surface area contributed by atoms with E-state index in [1.165, 1.54) is 5.56 Å². The zero-order valence-corrected chi connectivity index (χ0v) is 20.6. The van der Waals surface area contributed by atoms with Gasteiger partial charge in [-0.1, -0.05) is 42.5 Å². The highest BCUT2D eigenvalue weighted by Gasteiger charge is 2.64. The smallest absolute Gasteiger partial charge is 0.311 e. The van der Waals surface area contributed by atoms with Crippen LogP contribution in [0.4, 0.5) is 0 Å². The summed E-state index contributed by atoms with van der Waals surface area (Å²) >= 11 is 0. The molecule has 1 aliphatic heterocycles. The Morgan fingerprint density at radius 3 is 2.65 bits per heavy atom. The van der Waals surface area contributed by atoms with E-state index in [1.807, 2.05) is 32.0 Å². The van der Waals surface area contributed by atoms with E-state index in [4.69, 9.17) is 9.47 Å². The van der Waals surface area contributed by atoms with Crippen molar-refractivity contribution in [1.29, 1.82) is 0 Å². The minimum absolute atomic E-state index is 0.0800. The van der Waals surface area contributed by atoms with E-state index in [9.17, 15) is 15.0 Å². The van der Waals surface area contributed by atoms with Crippen LogP contribution < -0.4 is 10.1 Å². The number of carbonyl (C=O) groups is 1. The zero-order chi connectivity index (χ0) is 24.5. The summed E-state index contributed by atoms with van der Waals surface area (Å²) in [5, 5.41) is 23.5. The average Bonchev–Trinajstić information content (AvgIpc) is 3.39. The Bertz CT molecular complexity index is 1010. The van der Waals surface area contributed by atoms with E-state index in [1.54, 1.807) is 0 Å². The lowest BCUT2D eigenvalue weighted by molar-refractivity contribution is -0.139. The van der Waals surface area contributed by atoms with Gasteiger partial charge in [0.15, 0.2) is 0 Å². The molecule has 0 bridgehead atoms. The van der Waals surface area contributed by atoms with Crippen LogP contribution in [-0.2, 0) is 16.0 Å². The van der Waals surface area contributed by atoms with E-state index >= 15 is 0 Å². The Morgan fingerprint density at radius 2 is 1.94 bits per heavy atom. The molecule has 34 heavy (non-hydrogen) atoms. The van der Waals surface area contributed by atoms with Crippen molar-refractivity contribution in [3.63, 3.8) is 0 Å². The minimum Gasteiger partial charge on any atom is -0.488 e. The minimum atomic E-state index is -0.811. The van der Waals surface area contributed by atoms with Gasteiger partial charge in [0.05, 0.1) is 18.8 Å². The molecule has 2 aromatic rings.